The number of hydrogen-bond donors (Lipinski definition) is 3. The van der Waals surface area contributed by atoms with Gasteiger partial charge in [-0.1, -0.05) is 18.2 Å². The molecule has 1 fully saturated rings. The molecule has 0 bridgehead atoms. The zero-order valence-electron chi connectivity index (χ0n) is 15.9. The van der Waals surface area contributed by atoms with E-state index in [9.17, 15) is 9.18 Å². The lowest BCUT2D eigenvalue weighted by atomic mass is 10.2. The summed E-state index contributed by atoms with van der Waals surface area (Å²) in [6, 6.07) is 12.3. The summed E-state index contributed by atoms with van der Waals surface area (Å²) in [6.45, 7) is 2.41. The van der Waals surface area contributed by atoms with Gasteiger partial charge >= 0.3 is 0 Å². The highest BCUT2D eigenvalue weighted by Crippen LogP contribution is 2.20. The number of nitrogens with zero attached hydrogens (tertiary/aromatic N) is 3. The van der Waals surface area contributed by atoms with Crippen molar-refractivity contribution in [2.24, 2.45) is 4.99 Å². The summed E-state index contributed by atoms with van der Waals surface area (Å²) in [5.74, 6) is 0.634. The average molecular weight is 384 g/mol. The molecule has 2 heterocycles. The Bertz CT molecular complexity index is 813. The Labute approximate surface area is 164 Å². The molecule has 1 saturated heterocycles. The summed E-state index contributed by atoms with van der Waals surface area (Å²) in [4.78, 5) is 22.3. The van der Waals surface area contributed by atoms with Crippen LogP contribution in [0.5, 0.6) is 0 Å². The van der Waals surface area contributed by atoms with Crippen LogP contribution < -0.4 is 20.9 Å². The molecule has 3 N–H and O–H groups in total. The third-order valence-corrected chi connectivity index (χ3v) is 4.53. The third kappa shape index (κ3) is 5.18. The molecule has 1 aromatic heterocycles. The predicted molar refractivity (Wildman–Crippen MR) is 108 cm³/mol. The first-order valence-corrected chi connectivity index (χ1v) is 9.33. The molecule has 7 nitrogen and oxygen atoms in total. The van der Waals surface area contributed by atoms with Crippen molar-refractivity contribution in [3.63, 3.8) is 0 Å². The molecule has 1 aromatic carbocycles. The molecule has 1 aliphatic rings. The molecule has 0 aliphatic carbocycles. The Morgan fingerprint density at radius 1 is 1.21 bits per heavy atom. The van der Waals surface area contributed by atoms with Crippen LogP contribution in [-0.2, 0) is 0 Å². The number of halogens is 1. The number of rotatable bonds is 6. The van der Waals surface area contributed by atoms with E-state index < -0.39 is 0 Å². The average Bonchev–Trinajstić information content (AvgIpc) is 3.19. The number of hydrogen-bond acceptors (Lipinski definition) is 4. The maximum absolute atomic E-state index is 13.9. The highest BCUT2D eigenvalue weighted by Gasteiger charge is 2.25. The van der Waals surface area contributed by atoms with Crippen molar-refractivity contribution in [3.8, 4) is 0 Å². The van der Waals surface area contributed by atoms with Gasteiger partial charge < -0.3 is 20.9 Å². The number of anilines is 1. The zero-order chi connectivity index (χ0) is 19.8. The summed E-state index contributed by atoms with van der Waals surface area (Å²) in [5.41, 5.74) is 0.637. The SMILES string of the molecule is CN=C(NCCNC(=O)c1ccccc1)NC1CCN(c2ncccc2F)C1. The standard InChI is InChI=1S/C20H25FN6O/c1-22-20(25-12-11-24-19(28)15-6-3-2-4-7-15)26-16-9-13-27(14-16)18-17(21)8-5-10-23-18/h2-8,10,16H,9,11-14H2,1H3,(H,24,28)(H2,22,25,26). The van der Waals surface area contributed by atoms with Crippen molar-refractivity contribution < 1.29 is 9.18 Å². The molecule has 3 rings (SSSR count). The molecule has 2 aromatic rings. The summed E-state index contributed by atoms with van der Waals surface area (Å²) in [7, 11) is 1.70. The first-order valence-electron chi connectivity index (χ1n) is 9.33. The van der Waals surface area contributed by atoms with Crippen molar-refractivity contribution in [1.82, 2.24) is 20.9 Å². The van der Waals surface area contributed by atoms with Crippen molar-refractivity contribution in [2.75, 3.05) is 38.1 Å². The fraction of sp³-hybridized carbons (Fsp3) is 0.350. The number of aromatic nitrogens is 1. The van der Waals surface area contributed by atoms with E-state index >= 15 is 0 Å². The highest BCUT2D eigenvalue weighted by atomic mass is 19.1. The summed E-state index contributed by atoms with van der Waals surface area (Å²) >= 11 is 0. The normalized spacial score (nSPS) is 16.7. The molecule has 28 heavy (non-hydrogen) atoms. The minimum Gasteiger partial charge on any atom is -0.355 e. The van der Waals surface area contributed by atoms with Crippen molar-refractivity contribution in [1.29, 1.82) is 0 Å². The summed E-state index contributed by atoms with van der Waals surface area (Å²) in [5, 5.41) is 9.39. The molecule has 1 unspecified atom stereocenters. The van der Waals surface area contributed by atoms with E-state index in [1.54, 1.807) is 31.4 Å². The molecule has 1 atom stereocenters. The van der Waals surface area contributed by atoms with E-state index in [1.165, 1.54) is 6.07 Å². The maximum atomic E-state index is 13.9. The third-order valence-electron chi connectivity index (χ3n) is 4.53. The quantitative estimate of drug-likeness (QED) is 0.398. The van der Waals surface area contributed by atoms with Gasteiger partial charge in [-0.25, -0.2) is 9.37 Å². The maximum Gasteiger partial charge on any atom is 0.251 e. The fourth-order valence-electron chi connectivity index (χ4n) is 3.12. The van der Waals surface area contributed by atoms with Crippen LogP contribution >= 0.6 is 0 Å². The van der Waals surface area contributed by atoms with Crippen LogP contribution in [0.3, 0.4) is 0 Å². The van der Waals surface area contributed by atoms with Crippen LogP contribution in [-0.4, -0.2) is 56.1 Å². The van der Waals surface area contributed by atoms with Gasteiger partial charge in [-0.3, -0.25) is 9.79 Å². The number of nitrogens with one attached hydrogen (secondary N) is 3. The van der Waals surface area contributed by atoms with Crippen molar-refractivity contribution in [2.45, 2.75) is 12.5 Å². The molecule has 0 radical (unpaired) electrons. The van der Waals surface area contributed by atoms with Crippen LogP contribution in [0.2, 0.25) is 0 Å². The number of benzene rings is 1. The number of carbonyl (C=O) groups excluding carboxylic acids is 1. The molecule has 1 amide bonds. The number of carbonyl (C=O) groups is 1. The Hall–Kier alpha value is -3.16. The second-order valence-electron chi connectivity index (χ2n) is 6.51. The smallest absolute Gasteiger partial charge is 0.251 e. The zero-order valence-corrected chi connectivity index (χ0v) is 15.9. The van der Waals surface area contributed by atoms with Gasteiger partial charge in [0.05, 0.1) is 0 Å². The molecule has 0 saturated carbocycles. The van der Waals surface area contributed by atoms with Gasteiger partial charge in [0, 0.05) is 51.0 Å². The van der Waals surface area contributed by atoms with Crippen LogP contribution in [0.1, 0.15) is 16.8 Å². The molecular weight excluding hydrogens is 359 g/mol. The van der Waals surface area contributed by atoms with Gasteiger partial charge in [0.2, 0.25) is 0 Å². The number of aliphatic imine (C=N–C) groups is 1. The largest absolute Gasteiger partial charge is 0.355 e. The first kappa shape index (κ1) is 19.6. The lowest BCUT2D eigenvalue weighted by molar-refractivity contribution is 0.0954. The van der Waals surface area contributed by atoms with Crippen LogP contribution in [0.25, 0.3) is 0 Å². The lowest BCUT2D eigenvalue weighted by Gasteiger charge is -2.20. The van der Waals surface area contributed by atoms with Crippen molar-refractivity contribution >= 4 is 17.7 Å². The number of amides is 1. The lowest BCUT2D eigenvalue weighted by Crippen LogP contribution is -2.46. The van der Waals surface area contributed by atoms with Gasteiger partial charge in [-0.2, -0.15) is 0 Å². The van der Waals surface area contributed by atoms with Crippen molar-refractivity contribution in [3.05, 3.63) is 60.0 Å². The predicted octanol–water partition coefficient (Wildman–Crippen LogP) is 1.39. The van der Waals surface area contributed by atoms with E-state index in [2.05, 4.69) is 25.9 Å². The molecular formula is C20H25FN6O. The highest BCUT2D eigenvalue weighted by molar-refractivity contribution is 5.94. The number of pyridine rings is 1. The summed E-state index contributed by atoms with van der Waals surface area (Å²) < 4.78 is 13.9. The summed E-state index contributed by atoms with van der Waals surface area (Å²) in [6.07, 6.45) is 2.46. The topological polar surface area (TPSA) is 81.6 Å². The molecule has 8 heteroatoms. The van der Waals surface area contributed by atoms with E-state index in [4.69, 9.17) is 0 Å². The molecule has 0 spiro atoms. The van der Waals surface area contributed by atoms with E-state index in [-0.39, 0.29) is 17.8 Å². The first-order chi connectivity index (χ1) is 13.7. The molecule has 148 valence electrons. The second-order valence-corrected chi connectivity index (χ2v) is 6.51. The van der Waals surface area contributed by atoms with Gasteiger partial charge in [-0.05, 0) is 30.7 Å². The molecule has 1 aliphatic heterocycles. The second kappa shape index (κ2) is 9.68. The Morgan fingerprint density at radius 2 is 2.00 bits per heavy atom. The Kier molecular flexibility index (Phi) is 6.78. The fourth-order valence-corrected chi connectivity index (χ4v) is 3.12. The Morgan fingerprint density at radius 3 is 2.75 bits per heavy atom. The van der Waals surface area contributed by atoms with Gasteiger partial charge in [0.1, 0.15) is 0 Å². The van der Waals surface area contributed by atoms with Crippen LogP contribution in [0, 0.1) is 5.82 Å². The van der Waals surface area contributed by atoms with Gasteiger partial charge in [0.25, 0.3) is 5.91 Å². The van der Waals surface area contributed by atoms with E-state index in [0.29, 0.717) is 37.0 Å². The van der Waals surface area contributed by atoms with Crippen LogP contribution in [0.4, 0.5) is 10.2 Å². The van der Waals surface area contributed by atoms with E-state index in [0.717, 1.165) is 13.0 Å². The Balaban J connectivity index is 1.40. The minimum absolute atomic E-state index is 0.103. The number of guanidine groups is 1. The minimum atomic E-state index is -0.306. The van der Waals surface area contributed by atoms with Crippen LogP contribution in [0.15, 0.2) is 53.7 Å². The van der Waals surface area contributed by atoms with Gasteiger partial charge in [0.15, 0.2) is 17.6 Å². The van der Waals surface area contributed by atoms with E-state index in [1.807, 2.05) is 23.1 Å². The monoisotopic (exact) mass is 384 g/mol. The van der Waals surface area contributed by atoms with Gasteiger partial charge in [-0.15, -0.1) is 0 Å².